The Morgan fingerprint density at radius 2 is 0.833 bits per heavy atom. The van der Waals surface area contributed by atoms with Gasteiger partial charge < -0.3 is 8.85 Å². The number of hydrogen-bond donors (Lipinski definition) is 0. The smallest absolute Gasteiger partial charge is 0.185 e. The van der Waals surface area contributed by atoms with Crippen LogP contribution in [0.4, 0.5) is 0 Å². The summed E-state index contributed by atoms with van der Waals surface area (Å²) in [6.45, 7) is 21.2. The molecular weight excluding hydrogens is 256 g/mol. The molecule has 106 valence electrons. The van der Waals surface area contributed by atoms with Crippen molar-refractivity contribution in [1.29, 1.82) is 0 Å². The molecule has 0 aliphatic carbocycles. The lowest BCUT2D eigenvalue weighted by atomic mass is 10.1. The second-order valence-corrected chi connectivity index (χ2v) is 16.6. The Kier molecular flexibility index (Phi) is 5.47. The zero-order valence-corrected chi connectivity index (χ0v) is 15.8. The third-order valence-electron chi connectivity index (χ3n) is 1.79. The van der Waals surface area contributed by atoms with Crippen molar-refractivity contribution >= 4 is 16.6 Å². The van der Waals surface area contributed by atoms with Gasteiger partial charge in [-0.25, -0.2) is 0 Å². The first-order valence-corrected chi connectivity index (χ1v) is 13.4. The molecule has 0 aromatic rings. The fraction of sp³-hybridized carbons (Fsp3) is 0.857. The SMILES string of the molecule is CC(C)(C#CC(C)(C)O[Si](C)(C)C)O[Si](C)(C)C. The molecule has 0 unspecified atom stereocenters. The van der Waals surface area contributed by atoms with Crippen molar-refractivity contribution in [2.75, 3.05) is 0 Å². The Morgan fingerprint density at radius 1 is 0.611 bits per heavy atom. The Morgan fingerprint density at radius 3 is 1.00 bits per heavy atom. The van der Waals surface area contributed by atoms with E-state index in [1.165, 1.54) is 0 Å². The number of rotatable bonds is 4. The van der Waals surface area contributed by atoms with E-state index in [4.69, 9.17) is 8.85 Å². The molecule has 0 aliphatic heterocycles. The molecular formula is C14H30O2Si2. The highest BCUT2D eigenvalue weighted by molar-refractivity contribution is 6.70. The van der Waals surface area contributed by atoms with Gasteiger partial charge in [0.2, 0.25) is 0 Å². The van der Waals surface area contributed by atoms with Crippen molar-refractivity contribution < 1.29 is 8.85 Å². The molecule has 0 radical (unpaired) electrons. The van der Waals surface area contributed by atoms with Gasteiger partial charge in [-0.2, -0.15) is 0 Å². The summed E-state index contributed by atoms with van der Waals surface area (Å²) < 4.78 is 12.1. The summed E-state index contributed by atoms with van der Waals surface area (Å²) in [7, 11) is -3.14. The minimum atomic E-state index is -1.57. The standard InChI is InChI=1S/C14H30O2Si2/c1-13(2,15-17(5,6)7)11-12-14(3,4)16-18(8,9)10/h1-10H3. The zero-order chi connectivity index (χ0) is 14.8. The highest BCUT2D eigenvalue weighted by Gasteiger charge is 2.28. The summed E-state index contributed by atoms with van der Waals surface area (Å²) >= 11 is 0. The summed E-state index contributed by atoms with van der Waals surface area (Å²) in [5.74, 6) is 6.48. The minimum Gasteiger partial charge on any atom is -0.402 e. The second kappa shape index (κ2) is 5.50. The van der Waals surface area contributed by atoms with E-state index < -0.39 is 27.8 Å². The molecule has 18 heavy (non-hydrogen) atoms. The van der Waals surface area contributed by atoms with Crippen LogP contribution in [0.1, 0.15) is 27.7 Å². The van der Waals surface area contributed by atoms with Gasteiger partial charge in [0.1, 0.15) is 11.2 Å². The van der Waals surface area contributed by atoms with Crippen LogP contribution in [-0.2, 0) is 8.85 Å². The van der Waals surface area contributed by atoms with Crippen molar-refractivity contribution in [2.45, 2.75) is 78.2 Å². The average Bonchev–Trinajstić information content (AvgIpc) is 1.91. The van der Waals surface area contributed by atoms with Crippen LogP contribution < -0.4 is 0 Å². The molecule has 0 fully saturated rings. The van der Waals surface area contributed by atoms with Crippen LogP contribution in [0.15, 0.2) is 0 Å². The molecule has 0 aromatic carbocycles. The molecule has 0 bridgehead atoms. The van der Waals surface area contributed by atoms with E-state index in [2.05, 4.69) is 51.1 Å². The van der Waals surface area contributed by atoms with Gasteiger partial charge in [0.25, 0.3) is 0 Å². The van der Waals surface area contributed by atoms with Gasteiger partial charge in [0.05, 0.1) is 0 Å². The van der Waals surface area contributed by atoms with E-state index in [1.54, 1.807) is 0 Å². The highest BCUT2D eigenvalue weighted by Crippen LogP contribution is 2.19. The molecule has 0 rings (SSSR count). The minimum absolute atomic E-state index is 0.398. The van der Waals surface area contributed by atoms with Crippen LogP contribution in [0.5, 0.6) is 0 Å². The summed E-state index contributed by atoms with van der Waals surface area (Å²) in [6, 6.07) is 0. The van der Waals surface area contributed by atoms with Crippen molar-refractivity contribution in [3.05, 3.63) is 0 Å². The largest absolute Gasteiger partial charge is 0.402 e. The predicted octanol–water partition coefficient (Wildman–Crippen LogP) is 4.25. The maximum absolute atomic E-state index is 6.07. The van der Waals surface area contributed by atoms with Crippen LogP contribution in [0.2, 0.25) is 39.3 Å². The van der Waals surface area contributed by atoms with Crippen LogP contribution in [0.3, 0.4) is 0 Å². The first kappa shape index (κ1) is 17.9. The van der Waals surface area contributed by atoms with Crippen LogP contribution in [0.25, 0.3) is 0 Å². The van der Waals surface area contributed by atoms with Crippen LogP contribution in [-0.4, -0.2) is 27.8 Å². The van der Waals surface area contributed by atoms with Gasteiger partial charge in [0.15, 0.2) is 16.6 Å². The molecule has 0 aliphatic rings. The lowest BCUT2D eigenvalue weighted by Gasteiger charge is -2.31. The maximum Gasteiger partial charge on any atom is 0.185 e. The molecule has 4 heteroatoms. The molecule has 0 saturated heterocycles. The highest BCUT2D eigenvalue weighted by atomic mass is 28.4. The van der Waals surface area contributed by atoms with Gasteiger partial charge in [-0.05, 0) is 67.0 Å². The molecule has 0 aromatic heterocycles. The molecule has 0 atom stereocenters. The lowest BCUT2D eigenvalue weighted by Crippen LogP contribution is -2.39. The summed E-state index contributed by atoms with van der Waals surface area (Å²) in [6.07, 6.45) is 0. The summed E-state index contributed by atoms with van der Waals surface area (Å²) in [4.78, 5) is 0. The van der Waals surface area contributed by atoms with E-state index in [0.29, 0.717) is 0 Å². The van der Waals surface area contributed by atoms with Crippen molar-refractivity contribution in [1.82, 2.24) is 0 Å². The van der Waals surface area contributed by atoms with E-state index >= 15 is 0 Å². The first-order valence-electron chi connectivity index (χ1n) is 6.57. The normalized spacial score (nSPS) is 14.1. The average molecular weight is 287 g/mol. The summed E-state index contributed by atoms with van der Waals surface area (Å²) in [5, 5.41) is 0. The van der Waals surface area contributed by atoms with Crippen molar-refractivity contribution in [3.8, 4) is 11.8 Å². The number of hydrogen-bond acceptors (Lipinski definition) is 2. The Bertz CT molecular complexity index is 304. The fourth-order valence-corrected chi connectivity index (χ4v) is 5.05. The van der Waals surface area contributed by atoms with Gasteiger partial charge >= 0.3 is 0 Å². The van der Waals surface area contributed by atoms with Crippen LogP contribution >= 0.6 is 0 Å². The molecule has 2 nitrogen and oxygen atoms in total. The Labute approximate surface area is 116 Å². The second-order valence-electron chi connectivity index (χ2n) is 7.70. The van der Waals surface area contributed by atoms with E-state index in [9.17, 15) is 0 Å². The molecule has 0 saturated carbocycles. The van der Waals surface area contributed by atoms with Crippen molar-refractivity contribution in [3.63, 3.8) is 0 Å². The summed E-state index contributed by atoms with van der Waals surface area (Å²) in [5.41, 5.74) is -0.797. The van der Waals surface area contributed by atoms with E-state index in [1.807, 2.05) is 27.7 Å². The Balaban J connectivity index is 4.84. The van der Waals surface area contributed by atoms with Gasteiger partial charge in [-0.15, -0.1) is 0 Å². The van der Waals surface area contributed by atoms with E-state index in [0.717, 1.165) is 0 Å². The van der Waals surface area contributed by atoms with Crippen molar-refractivity contribution in [2.24, 2.45) is 0 Å². The lowest BCUT2D eigenvalue weighted by molar-refractivity contribution is 0.152. The molecule has 0 heterocycles. The first-order chi connectivity index (χ1) is 7.62. The third-order valence-corrected chi connectivity index (χ3v) is 4.03. The quantitative estimate of drug-likeness (QED) is 0.568. The van der Waals surface area contributed by atoms with Gasteiger partial charge in [0, 0.05) is 0 Å². The van der Waals surface area contributed by atoms with Gasteiger partial charge in [-0.1, -0.05) is 11.8 Å². The Hall–Kier alpha value is -0.0862. The third kappa shape index (κ3) is 9.89. The van der Waals surface area contributed by atoms with E-state index in [-0.39, 0.29) is 0 Å². The zero-order valence-electron chi connectivity index (χ0n) is 13.8. The molecule has 0 N–H and O–H groups in total. The maximum atomic E-state index is 6.07. The predicted molar refractivity (Wildman–Crippen MR) is 84.8 cm³/mol. The monoisotopic (exact) mass is 286 g/mol. The van der Waals surface area contributed by atoms with Crippen LogP contribution in [0, 0.1) is 11.8 Å². The van der Waals surface area contributed by atoms with Gasteiger partial charge in [-0.3, -0.25) is 0 Å². The fourth-order valence-electron chi connectivity index (χ4n) is 1.88. The topological polar surface area (TPSA) is 18.5 Å². The molecule has 0 spiro atoms. The molecule has 0 amide bonds.